The molecule has 0 saturated carbocycles. The Kier molecular flexibility index (Phi) is 7.03. The van der Waals surface area contributed by atoms with E-state index in [2.05, 4.69) is 13.2 Å². The monoisotopic (exact) mass is 256 g/mol. The third-order valence-corrected chi connectivity index (χ3v) is 1.04. The topological polar surface area (TPSA) is 0 Å². The van der Waals surface area contributed by atoms with Crippen molar-refractivity contribution in [1.82, 2.24) is 0 Å². The van der Waals surface area contributed by atoms with Gasteiger partial charge in [0.1, 0.15) is 0 Å². The molecule has 0 fully saturated rings. The Morgan fingerprint density at radius 1 is 0.688 bits per heavy atom. The first kappa shape index (κ1) is 17.3. The van der Waals surface area contributed by atoms with E-state index in [0.29, 0.717) is 0 Å². The van der Waals surface area contributed by atoms with Crippen LogP contribution in [0.1, 0.15) is 0 Å². The quantitative estimate of drug-likeness (QED) is 0.514. The molecule has 0 aromatic rings. The van der Waals surface area contributed by atoms with Gasteiger partial charge in [-0.05, 0) is 12.2 Å². The Balaban J connectivity index is 0. The van der Waals surface area contributed by atoms with Crippen LogP contribution in [-0.4, -0.2) is 24.7 Å². The zero-order chi connectivity index (χ0) is 13.6. The number of allylic oxidation sites excluding steroid dienone is 2. The Labute approximate surface area is 86.2 Å². The summed E-state index contributed by atoms with van der Waals surface area (Å²) in [7, 11) is 0. The smallest absolute Gasteiger partial charge is 0.233 e. The zero-order valence-electron chi connectivity index (χ0n) is 7.75. The van der Waals surface area contributed by atoms with E-state index >= 15 is 0 Å². The van der Waals surface area contributed by atoms with Gasteiger partial charge in [-0.1, -0.05) is 13.2 Å². The second kappa shape index (κ2) is 6.49. The van der Waals surface area contributed by atoms with Crippen molar-refractivity contribution in [3.63, 3.8) is 0 Å². The standard InChI is InChI=1S/2C4H4F4/c2*1-2-3(5)4(6,7)8/h2*2-3H,1H2. The average molecular weight is 256 g/mol. The third-order valence-electron chi connectivity index (χ3n) is 1.04. The molecule has 0 aromatic carbocycles. The molecule has 8 heteroatoms. The normalized spacial score (nSPS) is 15.5. The highest BCUT2D eigenvalue weighted by atomic mass is 19.4. The molecule has 0 heterocycles. The van der Waals surface area contributed by atoms with E-state index in [1.165, 1.54) is 0 Å². The van der Waals surface area contributed by atoms with Crippen molar-refractivity contribution >= 4 is 0 Å². The van der Waals surface area contributed by atoms with E-state index in [9.17, 15) is 35.1 Å². The molecule has 0 aliphatic rings. The molecule has 16 heavy (non-hydrogen) atoms. The number of alkyl halides is 8. The molecule has 0 aliphatic heterocycles. The lowest BCUT2D eigenvalue weighted by Gasteiger charge is -2.05. The molecule has 0 spiro atoms. The summed E-state index contributed by atoms with van der Waals surface area (Å²) in [5, 5.41) is 0. The Morgan fingerprint density at radius 3 is 0.875 bits per heavy atom. The summed E-state index contributed by atoms with van der Waals surface area (Å²) < 4.78 is 88.8. The summed E-state index contributed by atoms with van der Waals surface area (Å²) in [6, 6.07) is 0. The predicted octanol–water partition coefficient (Wildman–Crippen LogP) is 4.15. The second-order valence-electron chi connectivity index (χ2n) is 2.36. The Bertz CT molecular complexity index is 189. The lowest BCUT2D eigenvalue weighted by Crippen LogP contribution is -2.21. The van der Waals surface area contributed by atoms with Crippen LogP contribution in [0, 0.1) is 0 Å². The SMILES string of the molecule is C=CC(F)C(F)(F)F.C=CC(F)C(F)(F)F. The molecule has 96 valence electrons. The van der Waals surface area contributed by atoms with Crippen molar-refractivity contribution in [2.45, 2.75) is 24.7 Å². The lowest BCUT2D eigenvalue weighted by molar-refractivity contribution is -0.166. The van der Waals surface area contributed by atoms with Crippen molar-refractivity contribution in [2.75, 3.05) is 0 Å². The van der Waals surface area contributed by atoms with E-state index in [-0.39, 0.29) is 12.2 Å². The van der Waals surface area contributed by atoms with Gasteiger partial charge in [0.05, 0.1) is 0 Å². The average Bonchev–Trinajstić information content (AvgIpc) is 2.13. The van der Waals surface area contributed by atoms with Crippen molar-refractivity contribution in [1.29, 1.82) is 0 Å². The van der Waals surface area contributed by atoms with Crippen molar-refractivity contribution in [3.05, 3.63) is 25.3 Å². The number of rotatable bonds is 2. The first-order valence-electron chi connectivity index (χ1n) is 3.63. The van der Waals surface area contributed by atoms with Crippen LogP contribution in [0.25, 0.3) is 0 Å². The Morgan fingerprint density at radius 2 is 0.875 bits per heavy atom. The summed E-state index contributed by atoms with van der Waals surface area (Å²) in [5.74, 6) is 0. The van der Waals surface area contributed by atoms with E-state index in [1.807, 2.05) is 0 Å². The van der Waals surface area contributed by atoms with Crippen LogP contribution in [0.5, 0.6) is 0 Å². The first-order chi connectivity index (χ1) is 6.96. The van der Waals surface area contributed by atoms with Gasteiger partial charge in [-0.3, -0.25) is 0 Å². The third kappa shape index (κ3) is 8.25. The Hall–Kier alpha value is -1.08. The fourth-order valence-corrected chi connectivity index (χ4v) is 0.267. The zero-order valence-corrected chi connectivity index (χ0v) is 7.75. The van der Waals surface area contributed by atoms with Gasteiger partial charge in [-0.15, -0.1) is 0 Å². The minimum absolute atomic E-state index is 0.208. The minimum Gasteiger partial charge on any atom is -0.233 e. The molecule has 0 aromatic heterocycles. The van der Waals surface area contributed by atoms with Gasteiger partial charge in [0.25, 0.3) is 0 Å². The highest BCUT2D eigenvalue weighted by molar-refractivity contribution is 4.84. The van der Waals surface area contributed by atoms with Crippen LogP contribution in [0.4, 0.5) is 35.1 Å². The number of halogens is 8. The summed E-state index contributed by atoms with van der Waals surface area (Å²) in [5.41, 5.74) is 0. The molecule has 0 N–H and O–H groups in total. The first-order valence-corrected chi connectivity index (χ1v) is 3.63. The fourth-order valence-electron chi connectivity index (χ4n) is 0.267. The van der Waals surface area contributed by atoms with Crippen molar-refractivity contribution < 1.29 is 35.1 Å². The minimum atomic E-state index is -4.78. The van der Waals surface area contributed by atoms with Gasteiger partial charge in [0.2, 0.25) is 12.3 Å². The number of hydrogen-bond donors (Lipinski definition) is 0. The van der Waals surface area contributed by atoms with Crippen LogP contribution in [0.3, 0.4) is 0 Å². The largest absolute Gasteiger partial charge is 0.423 e. The molecule has 0 aliphatic carbocycles. The molecular formula is C8H8F8. The van der Waals surface area contributed by atoms with Gasteiger partial charge in [-0.2, -0.15) is 26.3 Å². The maximum absolute atomic E-state index is 11.4. The molecule has 0 rings (SSSR count). The van der Waals surface area contributed by atoms with Gasteiger partial charge >= 0.3 is 12.4 Å². The van der Waals surface area contributed by atoms with Crippen LogP contribution in [0.2, 0.25) is 0 Å². The molecule has 2 atom stereocenters. The lowest BCUT2D eigenvalue weighted by atomic mass is 10.4. The van der Waals surface area contributed by atoms with E-state index < -0.39 is 24.7 Å². The molecule has 0 saturated heterocycles. The maximum Gasteiger partial charge on any atom is 0.423 e. The van der Waals surface area contributed by atoms with Crippen LogP contribution in [-0.2, 0) is 0 Å². The summed E-state index contributed by atoms with van der Waals surface area (Å²) in [4.78, 5) is 0. The van der Waals surface area contributed by atoms with Crippen LogP contribution >= 0.6 is 0 Å². The second-order valence-corrected chi connectivity index (χ2v) is 2.36. The number of hydrogen-bond acceptors (Lipinski definition) is 0. The van der Waals surface area contributed by atoms with Gasteiger partial charge in [0, 0.05) is 0 Å². The van der Waals surface area contributed by atoms with Crippen LogP contribution in [0.15, 0.2) is 25.3 Å². The highest BCUT2D eigenvalue weighted by Gasteiger charge is 2.38. The molecule has 0 bridgehead atoms. The van der Waals surface area contributed by atoms with E-state index in [0.717, 1.165) is 0 Å². The summed E-state index contributed by atoms with van der Waals surface area (Å²) in [6.07, 6.45) is -14.9. The molecule has 0 nitrogen and oxygen atoms in total. The van der Waals surface area contributed by atoms with Crippen LogP contribution < -0.4 is 0 Å². The van der Waals surface area contributed by atoms with Gasteiger partial charge in [-0.25, -0.2) is 8.78 Å². The molecule has 0 radical (unpaired) electrons. The maximum atomic E-state index is 11.4. The van der Waals surface area contributed by atoms with Gasteiger partial charge < -0.3 is 0 Å². The van der Waals surface area contributed by atoms with Crippen molar-refractivity contribution in [3.8, 4) is 0 Å². The highest BCUT2D eigenvalue weighted by Crippen LogP contribution is 2.23. The summed E-state index contributed by atoms with van der Waals surface area (Å²) in [6.45, 7) is 5.26. The molecule has 0 amide bonds. The fraction of sp³-hybridized carbons (Fsp3) is 0.500. The van der Waals surface area contributed by atoms with Gasteiger partial charge in [0.15, 0.2) is 0 Å². The van der Waals surface area contributed by atoms with E-state index in [1.54, 1.807) is 0 Å². The van der Waals surface area contributed by atoms with Crippen molar-refractivity contribution in [2.24, 2.45) is 0 Å². The molecular weight excluding hydrogens is 248 g/mol. The molecule has 2 unspecified atom stereocenters. The predicted molar refractivity (Wildman–Crippen MR) is 42.3 cm³/mol. The van der Waals surface area contributed by atoms with E-state index in [4.69, 9.17) is 0 Å². The summed E-state index contributed by atoms with van der Waals surface area (Å²) >= 11 is 0.